The van der Waals surface area contributed by atoms with Crippen molar-refractivity contribution in [1.82, 2.24) is 14.8 Å². The Bertz CT molecular complexity index is 985. The van der Waals surface area contributed by atoms with Crippen LogP contribution in [0, 0.1) is 5.82 Å². The molecule has 1 aromatic heterocycles. The zero-order valence-electron chi connectivity index (χ0n) is 14.9. The van der Waals surface area contributed by atoms with E-state index >= 15 is 0 Å². The van der Waals surface area contributed by atoms with Crippen LogP contribution >= 0.6 is 24.2 Å². The zero-order valence-corrected chi connectivity index (χ0v) is 16.5. The standard InChI is InChI=1S/C19H17ClFN3O3S/c1-12-9-25-19(27-12,10-24-18(28)22-11-23-24)13-2-7-17(16(21)8-13)26-15-5-3-14(20)4-6-15/h2-8,11-12H,9-10H2,1H3,(H,22,23,28). The minimum Gasteiger partial charge on any atom is -0.454 e. The lowest BCUT2D eigenvalue weighted by atomic mass is 10.1. The summed E-state index contributed by atoms with van der Waals surface area (Å²) in [5.74, 6) is -1.16. The molecule has 0 radical (unpaired) electrons. The third kappa shape index (κ3) is 3.86. The van der Waals surface area contributed by atoms with E-state index in [1.807, 2.05) is 6.92 Å². The van der Waals surface area contributed by atoms with Gasteiger partial charge in [-0.1, -0.05) is 11.6 Å². The third-order valence-corrected chi connectivity index (χ3v) is 4.91. The molecule has 1 saturated heterocycles. The fraction of sp³-hybridized carbons (Fsp3) is 0.263. The van der Waals surface area contributed by atoms with Crippen molar-refractivity contribution in [2.24, 2.45) is 0 Å². The maximum Gasteiger partial charge on any atom is 0.215 e. The number of rotatable bonds is 5. The van der Waals surface area contributed by atoms with Crippen LogP contribution in [0.5, 0.6) is 11.5 Å². The van der Waals surface area contributed by atoms with E-state index in [1.165, 1.54) is 17.1 Å². The number of benzene rings is 2. The second-order valence-corrected chi connectivity index (χ2v) is 7.25. The molecule has 6 nitrogen and oxygen atoms in total. The minimum absolute atomic E-state index is 0.0860. The summed E-state index contributed by atoms with van der Waals surface area (Å²) in [6, 6.07) is 11.3. The van der Waals surface area contributed by atoms with Crippen molar-refractivity contribution in [3.8, 4) is 11.5 Å². The Hall–Kier alpha value is -2.13. The Kier molecular flexibility index (Phi) is 5.29. The number of ether oxygens (including phenoxy) is 3. The van der Waals surface area contributed by atoms with E-state index in [0.717, 1.165) is 0 Å². The average molecular weight is 422 g/mol. The molecule has 2 aromatic carbocycles. The number of thiol groups is 1. The number of hydrogen-bond donors (Lipinski definition) is 1. The van der Waals surface area contributed by atoms with Crippen LogP contribution in [-0.4, -0.2) is 27.5 Å². The van der Waals surface area contributed by atoms with Gasteiger partial charge in [-0.05, 0) is 49.4 Å². The van der Waals surface area contributed by atoms with Crippen LogP contribution in [0.25, 0.3) is 0 Å². The Labute approximate surface area is 171 Å². The van der Waals surface area contributed by atoms with Crippen LogP contribution in [0.2, 0.25) is 5.02 Å². The van der Waals surface area contributed by atoms with E-state index in [4.69, 9.17) is 25.8 Å². The molecule has 1 aliphatic rings. The van der Waals surface area contributed by atoms with Gasteiger partial charge in [0.1, 0.15) is 18.6 Å². The molecule has 3 aromatic rings. The summed E-state index contributed by atoms with van der Waals surface area (Å²) in [5.41, 5.74) is 0.515. The minimum atomic E-state index is -1.19. The predicted molar refractivity (Wildman–Crippen MR) is 103 cm³/mol. The Morgan fingerprint density at radius 3 is 2.71 bits per heavy atom. The van der Waals surface area contributed by atoms with E-state index in [1.54, 1.807) is 36.4 Å². The average Bonchev–Trinajstić information content (AvgIpc) is 3.25. The molecule has 2 unspecified atom stereocenters. The summed E-state index contributed by atoms with van der Waals surface area (Å²) in [6.07, 6.45) is 1.23. The molecule has 0 saturated carbocycles. The zero-order chi connectivity index (χ0) is 19.7. The van der Waals surface area contributed by atoms with Gasteiger partial charge in [0.25, 0.3) is 0 Å². The van der Waals surface area contributed by atoms with Gasteiger partial charge >= 0.3 is 0 Å². The van der Waals surface area contributed by atoms with Crippen LogP contribution < -0.4 is 4.74 Å². The molecule has 1 fully saturated rings. The van der Waals surface area contributed by atoms with E-state index < -0.39 is 11.6 Å². The fourth-order valence-electron chi connectivity index (χ4n) is 2.99. The topological polar surface area (TPSA) is 58.4 Å². The first-order valence-electron chi connectivity index (χ1n) is 8.57. The normalized spacial score (nSPS) is 21.8. The molecule has 2 heterocycles. The van der Waals surface area contributed by atoms with E-state index in [-0.39, 0.29) is 18.4 Å². The van der Waals surface area contributed by atoms with Crippen molar-refractivity contribution in [3.63, 3.8) is 0 Å². The van der Waals surface area contributed by atoms with Gasteiger partial charge in [-0.25, -0.2) is 14.1 Å². The molecule has 0 bridgehead atoms. The third-order valence-electron chi connectivity index (χ3n) is 4.31. The van der Waals surface area contributed by atoms with Gasteiger partial charge in [-0.2, -0.15) is 5.10 Å². The van der Waals surface area contributed by atoms with Crippen molar-refractivity contribution < 1.29 is 18.6 Å². The van der Waals surface area contributed by atoms with Crippen LogP contribution in [0.4, 0.5) is 4.39 Å². The molecule has 2 atom stereocenters. The highest BCUT2D eigenvalue weighted by Gasteiger charge is 2.43. The Morgan fingerprint density at radius 1 is 1.32 bits per heavy atom. The van der Waals surface area contributed by atoms with Crippen LogP contribution in [0.15, 0.2) is 53.9 Å². The number of nitrogens with zero attached hydrogens (tertiary/aromatic N) is 3. The first-order valence-corrected chi connectivity index (χ1v) is 9.40. The second-order valence-electron chi connectivity index (χ2n) is 6.41. The largest absolute Gasteiger partial charge is 0.454 e. The summed E-state index contributed by atoms with van der Waals surface area (Å²) in [6.45, 7) is 2.45. The predicted octanol–water partition coefficient (Wildman–Crippen LogP) is 4.44. The number of halogens is 2. The Balaban J connectivity index is 1.63. The molecular formula is C19H17ClFN3O3S. The molecule has 0 spiro atoms. The molecule has 0 N–H and O–H groups in total. The SMILES string of the molecule is CC1COC(Cn2ncnc2S)(c2ccc(Oc3ccc(Cl)cc3)c(F)c2)O1. The van der Waals surface area contributed by atoms with Gasteiger partial charge in [0.15, 0.2) is 16.7 Å². The van der Waals surface area contributed by atoms with Crippen molar-refractivity contribution in [3.05, 3.63) is 65.2 Å². The first kappa shape index (κ1) is 19.2. The summed E-state index contributed by atoms with van der Waals surface area (Å²) in [7, 11) is 0. The highest BCUT2D eigenvalue weighted by Crippen LogP contribution is 2.38. The van der Waals surface area contributed by atoms with Gasteiger partial charge in [0.2, 0.25) is 5.79 Å². The number of aromatic nitrogens is 3. The maximum absolute atomic E-state index is 14.8. The molecule has 4 rings (SSSR count). The lowest BCUT2D eigenvalue weighted by Gasteiger charge is -2.28. The summed E-state index contributed by atoms with van der Waals surface area (Å²) >= 11 is 10.1. The maximum atomic E-state index is 14.8. The van der Waals surface area contributed by atoms with Crippen molar-refractivity contribution in [2.75, 3.05) is 6.61 Å². The van der Waals surface area contributed by atoms with E-state index in [0.29, 0.717) is 28.1 Å². The fourth-order valence-corrected chi connectivity index (χ4v) is 3.29. The molecule has 0 amide bonds. The van der Waals surface area contributed by atoms with Crippen LogP contribution in [-0.2, 0) is 21.8 Å². The molecular weight excluding hydrogens is 405 g/mol. The van der Waals surface area contributed by atoms with Crippen molar-refractivity contribution >= 4 is 24.2 Å². The van der Waals surface area contributed by atoms with Gasteiger partial charge < -0.3 is 14.2 Å². The summed E-state index contributed by atoms with van der Waals surface area (Å²) in [4.78, 5) is 3.99. The summed E-state index contributed by atoms with van der Waals surface area (Å²) in [5, 5.41) is 5.10. The number of hydrogen-bond acceptors (Lipinski definition) is 6. The monoisotopic (exact) mass is 421 g/mol. The van der Waals surface area contributed by atoms with Crippen molar-refractivity contribution in [1.29, 1.82) is 0 Å². The Morgan fingerprint density at radius 2 is 2.11 bits per heavy atom. The lowest BCUT2D eigenvalue weighted by molar-refractivity contribution is -0.188. The molecule has 146 valence electrons. The quantitative estimate of drug-likeness (QED) is 0.617. The van der Waals surface area contributed by atoms with Gasteiger partial charge in [0, 0.05) is 10.6 Å². The smallest absolute Gasteiger partial charge is 0.215 e. The van der Waals surface area contributed by atoms with Crippen molar-refractivity contribution in [2.45, 2.75) is 30.5 Å². The first-order chi connectivity index (χ1) is 13.4. The highest BCUT2D eigenvalue weighted by atomic mass is 35.5. The highest BCUT2D eigenvalue weighted by molar-refractivity contribution is 7.80. The van der Waals surface area contributed by atoms with E-state index in [9.17, 15) is 4.39 Å². The lowest BCUT2D eigenvalue weighted by Crippen LogP contribution is -2.34. The van der Waals surface area contributed by atoms with E-state index in [2.05, 4.69) is 22.7 Å². The second kappa shape index (κ2) is 7.71. The van der Waals surface area contributed by atoms with Gasteiger partial charge in [0.05, 0.1) is 12.7 Å². The van der Waals surface area contributed by atoms with Crippen LogP contribution in [0.1, 0.15) is 12.5 Å². The molecule has 28 heavy (non-hydrogen) atoms. The molecule has 9 heteroatoms. The summed E-state index contributed by atoms with van der Waals surface area (Å²) < 4.78 is 33.9. The molecule has 1 aliphatic heterocycles. The van der Waals surface area contributed by atoms with Gasteiger partial charge in [-0.15, -0.1) is 12.6 Å². The molecule has 0 aliphatic carbocycles. The van der Waals surface area contributed by atoms with Gasteiger partial charge in [-0.3, -0.25) is 0 Å². The van der Waals surface area contributed by atoms with Crippen LogP contribution in [0.3, 0.4) is 0 Å².